The van der Waals surface area contributed by atoms with E-state index in [1.807, 2.05) is 0 Å². The van der Waals surface area contributed by atoms with E-state index < -0.39 is 36.9 Å². The van der Waals surface area contributed by atoms with Crippen molar-refractivity contribution in [1.29, 1.82) is 0 Å². The lowest BCUT2D eigenvalue weighted by Gasteiger charge is -2.15. The van der Waals surface area contributed by atoms with E-state index in [4.69, 9.17) is 19.7 Å². The van der Waals surface area contributed by atoms with Crippen molar-refractivity contribution in [2.24, 2.45) is 0 Å². The summed E-state index contributed by atoms with van der Waals surface area (Å²) in [5.41, 5.74) is -0.438. The molecular formula is C21H23F3O6. The Morgan fingerprint density at radius 2 is 1.53 bits per heavy atom. The highest BCUT2D eigenvalue weighted by atomic mass is 19.4. The van der Waals surface area contributed by atoms with Crippen molar-refractivity contribution in [3.05, 3.63) is 35.4 Å². The van der Waals surface area contributed by atoms with Crippen molar-refractivity contribution >= 4 is 23.1 Å². The Kier molecular flexibility index (Phi) is 7.91. The fourth-order valence-electron chi connectivity index (χ4n) is 3.07. The van der Waals surface area contributed by atoms with Crippen LogP contribution < -0.4 is 9.47 Å². The Bertz CT molecular complexity index is 855. The molecule has 9 heteroatoms. The van der Waals surface area contributed by atoms with E-state index in [2.05, 4.69) is 6.92 Å². The summed E-state index contributed by atoms with van der Waals surface area (Å²) >= 11 is 0. The minimum absolute atomic E-state index is 0.133. The molecule has 0 amide bonds. The van der Waals surface area contributed by atoms with Gasteiger partial charge in [-0.15, -0.1) is 0 Å². The quantitative estimate of drug-likeness (QED) is 0.486. The predicted octanol–water partition coefficient (Wildman–Crippen LogP) is 4.93. The maximum Gasteiger partial charge on any atom is 0.417 e. The Balaban J connectivity index is 2.44. The summed E-state index contributed by atoms with van der Waals surface area (Å²) in [5, 5.41) is 17.6. The highest BCUT2D eigenvalue weighted by Gasteiger charge is 2.40. The highest BCUT2D eigenvalue weighted by molar-refractivity contribution is 5.98. The summed E-state index contributed by atoms with van der Waals surface area (Å²) in [7, 11) is 0. The molecule has 0 radical (unpaired) electrons. The zero-order valence-electron chi connectivity index (χ0n) is 16.4. The van der Waals surface area contributed by atoms with Gasteiger partial charge in [-0.25, -0.2) is 9.59 Å². The Labute approximate surface area is 171 Å². The third kappa shape index (κ3) is 6.27. The summed E-state index contributed by atoms with van der Waals surface area (Å²) < 4.78 is 50.9. The largest absolute Gasteiger partial charge is 0.479 e. The number of rotatable bonds is 11. The number of carboxylic acids is 2. The Morgan fingerprint density at radius 3 is 2.03 bits per heavy atom. The molecule has 0 atom stereocenters. The molecule has 2 rings (SSSR count). The number of allylic oxidation sites excluding steroid dienone is 4. The van der Waals surface area contributed by atoms with E-state index >= 15 is 0 Å². The van der Waals surface area contributed by atoms with Crippen LogP contribution in [0.1, 0.15) is 50.2 Å². The van der Waals surface area contributed by atoms with E-state index in [-0.39, 0.29) is 22.6 Å². The van der Waals surface area contributed by atoms with Crippen molar-refractivity contribution in [3.63, 3.8) is 0 Å². The van der Waals surface area contributed by atoms with Gasteiger partial charge in [0.25, 0.3) is 0 Å². The van der Waals surface area contributed by atoms with E-state index in [0.29, 0.717) is 12.0 Å². The molecule has 1 aromatic rings. The molecule has 1 aromatic carbocycles. The first-order valence-electron chi connectivity index (χ1n) is 9.50. The first kappa shape index (κ1) is 23.3. The van der Waals surface area contributed by atoms with Crippen LogP contribution in [0, 0.1) is 0 Å². The van der Waals surface area contributed by atoms with Crippen LogP contribution in [0.15, 0.2) is 24.3 Å². The van der Waals surface area contributed by atoms with Crippen LogP contribution in [0.5, 0.6) is 11.5 Å². The zero-order chi connectivity index (χ0) is 22.3. The van der Waals surface area contributed by atoms with Crippen LogP contribution in [0.4, 0.5) is 13.2 Å². The van der Waals surface area contributed by atoms with Crippen molar-refractivity contribution in [2.75, 3.05) is 13.2 Å². The molecule has 0 spiro atoms. The van der Waals surface area contributed by atoms with Crippen LogP contribution >= 0.6 is 0 Å². The van der Waals surface area contributed by atoms with E-state index in [1.165, 1.54) is 6.07 Å². The van der Waals surface area contributed by atoms with Gasteiger partial charge in [0.15, 0.2) is 24.7 Å². The summed E-state index contributed by atoms with van der Waals surface area (Å²) in [5.74, 6) is -3.03. The third-order valence-corrected chi connectivity index (χ3v) is 4.41. The van der Waals surface area contributed by atoms with Crippen LogP contribution in [-0.4, -0.2) is 41.5 Å². The number of halogens is 3. The van der Waals surface area contributed by atoms with Crippen molar-refractivity contribution in [1.82, 2.24) is 0 Å². The van der Waals surface area contributed by atoms with Crippen LogP contribution in [0.3, 0.4) is 0 Å². The van der Waals surface area contributed by atoms with Gasteiger partial charge in [-0.05, 0) is 47.8 Å². The molecule has 0 unspecified atom stereocenters. The van der Waals surface area contributed by atoms with Crippen LogP contribution in [0.25, 0.3) is 11.1 Å². The second-order valence-corrected chi connectivity index (χ2v) is 6.77. The second-order valence-electron chi connectivity index (χ2n) is 6.77. The number of hydrogen-bond donors (Lipinski definition) is 2. The fraction of sp³-hybridized carbons (Fsp3) is 0.429. The van der Waals surface area contributed by atoms with Gasteiger partial charge < -0.3 is 19.7 Å². The maximum atomic E-state index is 13.6. The van der Waals surface area contributed by atoms with Crippen LogP contribution in [0.2, 0.25) is 0 Å². The molecular weight excluding hydrogens is 405 g/mol. The third-order valence-electron chi connectivity index (χ3n) is 4.41. The highest BCUT2D eigenvalue weighted by Crippen LogP contribution is 2.48. The Morgan fingerprint density at radius 1 is 0.967 bits per heavy atom. The normalized spacial score (nSPS) is 14.4. The van der Waals surface area contributed by atoms with Crippen molar-refractivity contribution in [2.45, 2.75) is 45.2 Å². The molecule has 6 nitrogen and oxygen atoms in total. The van der Waals surface area contributed by atoms with E-state index in [1.54, 1.807) is 6.08 Å². The lowest BCUT2D eigenvalue weighted by atomic mass is 10.0. The Hall–Kier alpha value is -2.97. The van der Waals surface area contributed by atoms with Gasteiger partial charge in [0, 0.05) is 0 Å². The number of alkyl halides is 3. The molecule has 0 aliphatic heterocycles. The molecule has 1 aliphatic carbocycles. The number of fused-ring (bicyclic) bond motifs is 1. The standard InChI is InChI=1S/C21H23F3O6/c1-2-3-4-5-6-7-13-8-16(21(22,23)24)15-10-18(30-12-20(27)28)17(9-14(13)15)29-11-19(25)26/h7-10H,2-6,11-12H2,1H3,(H,25,26)(H,27,28)/b13-7+. The average molecular weight is 428 g/mol. The molecule has 0 heterocycles. The average Bonchev–Trinajstić information content (AvgIpc) is 3.02. The van der Waals surface area contributed by atoms with Gasteiger partial charge >= 0.3 is 18.1 Å². The molecule has 0 bridgehead atoms. The zero-order valence-corrected chi connectivity index (χ0v) is 16.4. The number of hydrogen-bond acceptors (Lipinski definition) is 4. The van der Waals surface area contributed by atoms with Gasteiger partial charge in [0.1, 0.15) is 0 Å². The fourth-order valence-corrected chi connectivity index (χ4v) is 3.07. The topological polar surface area (TPSA) is 93.1 Å². The molecule has 0 saturated heterocycles. The van der Waals surface area contributed by atoms with E-state index in [0.717, 1.165) is 37.8 Å². The van der Waals surface area contributed by atoms with Gasteiger partial charge in [-0.1, -0.05) is 32.3 Å². The molecule has 2 N–H and O–H groups in total. The minimum atomic E-state index is -4.62. The summed E-state index contributed by atoms with van der Waals surface area (Å²) in [6.07, 6.45) is 2.61. The van der Waals surface area contributed by atoms with Crippen molar-refractivity contribution < 1.29 is 42.4 Å². The van der Waals surface area contributed by atoms with E-state index in [9.17, 15) is 22.8 Å². The second kappa shape index (κ2) is 10.2. The number of benzene rings is 1. The van der Waals surface area contributed by atoms with Gasteiger partial charge in [-0.3, -0.25) is 0 Å². The minimum Gasteiger partial charge on any atom is -0.479 e. The molecule has 0 fully saturated rings. The summed E-state index contributed by atoms with van der Waals surface area (Å²) in [6.45, 7) is 0.498. The number of unbranched alkanes of at least 4 members (excludes halogenated alkanes) is 4. The maximum absolute atomic E-state index is 13.6. The SMILES string of the molecule is CCCCCC/C=C1\C=C(C(F)(F)F)c2cc(OCC(=O)O)c(OCC(=O)O)cc21. The number of ether oxygens (including phenoxy) is 2. The smallest absolute Gasteiger partial charge is 0.417 e. The molecule has 164 valence electrons. The molecule has 0 aromatic heterocycles. The first-order chi connectivity index (χ1) is 14.1. The van der Waals surface area contributed by atoms with Crippen molar-refractivity contribution in [3.8, 4) is 11.5 Å². The number of carbonyl (C=O) groups is 2. The van der Waals surface area contributed by atoms with Gasteiger partial charge in [0.05, 0.1) is 5.57 Å². The monoisotopic (exact) mass is 428 g/mol. The lowest BCUT2D eigenvalue weighted by molar-refractivity contribution is -0.140. The molecule has 30 heavy (non-hydrogen) atoms. The number of carboxylic acid groups (broad SMARTS) is 2. The molecule has 1 aliphatic rings. The molecule has 0 saturated carbocycles. The van der Waals surface area contributed by atoms with Gasteiger partial charge in [0.2, 0.25) is 0 Å². The predicted molar refractivity (Wildman–Crippen MR) is 103 cm³/mol. The first-order valence-corrected chi connectivity index (χ1v) is 9.50. The summed E-state index contributed by atoms with van der Waals surface area (Å²) in [6, 6.07) is 2.31. The number of aliphatic carboxylic acids is 2. The van der Waals surface area contributed by atoms with Gasteiger partial charge in [-0.2, -0.15) is 13.2 Å². The summed E-state index contributed by atoms with van der Waals surface area (Å²) in [4.78, 5) is 21.6. The lowest BCUT2D eigenvalue weighted by Crippen LogP contribution is -2.14. The van der Waals surface area contributed by atoms with Crippen LogP contribution in [-0.2, 0) is 9.59 Å².